The summed E-state index contributed by atoms with van der Waals surface area (Å²) in [5.74, 6) is -3.21. The number of hydrogen-bond acceptors (Lipinski definition) is 4. The van der Waals surface area contributed by atoms with Crippen molar-refractivity contribution in [2.24, 2.45) is 0 Å². The van der Waals surface area contributed by atoms with Gasteiger partial charge in [0.1, 0.15) is 0 Å². The van der Waals surface area contributed by atoms with Crippen LogP contribution >= 0.6 is 0 Å². The first-order valence-electron chi connectivity index (χ1n) is 5.34. The number of carbonyl (C=O) groups is 3. The summed E-state index contributed by atoms with van der Waals surface area (Å²) in [4.78, 5) is 33.0. The van der Waals surface area contributed by atoms with Crippen LogP contribution in [0.1, 0.15) is 27.1 Å². The van der Waals surface area contributed by atoms with E-state index in [1.807, 2.05) is 0 Å². The Labute approximate surface area is 108 Å². The van der Waals surface area contributed by atoms with E-state index >= 15 is 0 Å². The predicted molar refractivity (Wildman–Crippen MR) is 65.1 cm³/mol. The Bertz CT molecular complexity index is 532. The molecule has 0 amide bonds. The molecular weight excluding hydrogens is 252 g/mol. The molecule has 0 aliphatic carbocycles. The fraction of sp³-hybridized carbons (Fsp3) is 0.154. The minimum atomic E-state index is -1.23. The van der Waals surface area contributed by atoms with Crippen molar-refractivity contribution in [1.29, 1.82) is 0 Å². The van der Waals surface area contributed by atoms with Gasteiger partial charge in [0, 0.05) is 12.0 Å². The van der Waals surface area contributed by atoms with E-state index in [0.29, 0.717) is 0 Å². The number of benzene rings is 1. The molecule has 0 aliphatic rings. The standard InChI is InChI=1S/C13H12O6/c1-8(11(14)15)6-7-19-13(18)10-5-3-2-4-9(10)12(16)17/h2-5H,1,6-7H2,(H,14,15)(H,16,17). The van der Waals surface area contributed by atoms with Crippen LogP contribution in [0.4, 0.5) is 0 Å². The molecule has 0 atom stereocenters. The van der Waals surface area contributed by atoms with E-state index in [1.165, 1.54) is 24.3 Å². The lowest BCUT2D eigenvalue weighted by Crippen LogP contribution is -2.13. The summed E-state index contributed by atoms with van der Waals surface area (Å²) in [5, 5.41) is 17.5. The number of esters is 1. The molecule has 0 unspecified atom stereocenters. The van der Waals surface area contributed by atoms with Crippen LogP contribution in [0.2, 0.25) is 0 Å². The maximum Gasteiger partial charge on any atom is 0.339 e. The van der Waals surface area contributed by atoms with Crippen LogP contribution in [0.3, 0.4) is 0 Å². The Morgan fingerprint density at radius 3 is 2.21 bits per heavy atom. The van der Waals surface area contributed by atoms with Crippen LogP contribution in [-0.4, -0.2) is 34.7 Å². The number of hydrogen-bond donors (Lipinski definition) is 2. The number of aromatic carboxylic acids is 1. The Hall–Kier alpha value is -2.63. The second-order valence-electron chi connectivity index (χ2n) is 3.65. The summed E-state index contributed by atoms with van der Waals surface area (Å²) in [7, 11) is 0. The van der Waals surface area contributed by atoms with Crippen molar-refractivity contribution in [3.8, 4) is 0 Å². The molecule has 2 N–H and O–H groups in total. The average molecular weight is 264 g/mol. The average Bonchev–Trinajstić information content (AvgIpc) is 2.38. The minimum Gasteiger partial charge on any atom is -0.478 e. The van der Waals surface area contributed by atoms with Crippen molar-refractivity contribution in [3.63, 3.8) is 0 Å². The Morgan fingerprint density at radius 1 is 1.11 bits per heavy atom. The number of carboxylic acids is 2. The van der Waals surface area contributed by atoms with Crippen molar-refractivity contribution in [2.45, 2.75) is 6.42 Å². The summed E-state index contributed by atoms with van der Waals surface area (Å²) >= 11 is 0. The lowest BCUT2D eigenvalue weighted by Gasteiger charge is -2.07. The third kappa shape index (κ3) is 3.95. The second-order valence-corrected chi connectivity index (χ2v) is 3.65. The van der Waals surface area contributed by atoms with Crippen LogP contribution < -0.4 is 0 Å². The van der Waals surface area contributed by atoms with Gasteiger partial charge < -0.3 is 14.9 Å². The highest BCUT2D eigenvalue weighted by molar-refractivity contribution is 6.02. The van der Waals surface area contributed by atoms with E-state index in [9.17, 15) is 14.4 Å². The van der Waals surface area contributed by atoms with Crippen LogP contribution in [0.25, 0.3) is 0 Å². The SMILES string of the molecule is C=C(CCOC(=O)c1ccccc1C(=O)O)C(=O)O. The van der Waals surface area contributed by atoms with E-state index in [0.717, 1.165) is 0 Å². The lowest BCUT2D eigenvalue weighted by atomic mass is 10.1. The number of aliphatic carboxylic acids is 1. The smallest absolute Gasteiger partial charge is 0.339 e. The first kappa shape index (κ1) is 14.4. The van der Waals surface area contributed by atoms with Gasteiger partial charge in [-0.15, -0.1) is 0 Å². The van der Waals surface area contributed by atoms with Gasteiger partial charge in [0.2, 0.25) is 0 Å². The van der Waals surface area contributed by atoms with Crippen molar-refractivity contribution in [3.05, 3.63) is 47.5 Å². The molecule has 0 spiro atoms. The molecular formula is C13H12O6. The molecule has 0 radical (unpaired) electrons. The first-order valence-corrected chi connectivity index (χ1v) is 5.34. The molecule has 6 nitrogen and oxygen atoms in total. The van der Waals surface area contributed by atoms with E-state index in [4.69, 9.17) is 14.9 Å². The predicted octanol–water partition coefficient (Wildman–Crippen LogP) is 1.57. The molecule has 0 fully saturated rings. The molecule has 0 aromatic heterocycles. The lowest BCUT2D eigenvalue weighted by molar-refractivity contribution is -0.132. The number of carboxylic acid groups (broad SMARTS) is 2. The Morgan fingerprint density at radius 2 is 1.68 bits per heavy atom. The van der Waals surface area contributed by atoms with Gasteiger partial charge in [0.25, 0.3) is 0 Å². The third-order valence-corrected chi connectivity index (χ3v) is 2.32. The van der Waals surface area contributed by atoms with Crippen molar-refractivity contribution < 1.29 is 29.3 Å². The molecule has 0 heterocycles. The quantitative estimate of drug-likeness (QED) is 0.597. The van der Waals surface area contributed by atoms with Gasteiger partial charge >= 0.3 is 17.9 Å². The van der Waals surface area contributed by atoms with Gasteiger partial charge in [-0.1, -0.05) is 18.7 Å². The normalized spacial score (nSPS) is 9.68. The molecule has 100 valence electrons. The van der Waals surface area contributed by atoms with Crippen molar-refractivity contribution in [1.82, 2.24) is 0 Å². The molecule has 19 heavy (non-hydrogen) atoms. The zero-order valence-corrected chi connectivity index (χ0v) is 9.96. The Kier molecular flexibility index (Phi) is 4.82. The second kappa shape index (κ2) is 6.34. The fourth-order valence-corrected chi connectivity index (χ4v) is 1.30. The highest BCUT2D eigenvalue weighted by Crippen LogP contribution is 2.11. The van der Waals surface area contributed by atoms with Gasteiger partial charge in [0.05, 0.1) is 17.7 Å². The fourth-order valence-electron chi connectivity index (χ4n) is 1.30. The summed E-state index contributed by atoms with van der Waals surface area (Å²) in [6.45, 7) is 3.12. The highest BCUT2D eigenvalue weighted by Gasteiger charge is 2.17. The molecule has 1 aromatic carbocycles. The summed E-state index contributed by atoms with van der Waals surface area (Å²) in [5.41, 5.74) is -0.320. The summed E-state index contributed by atoms with van der Waals surface area (Å²) in [6, 6.07) is 5.62. The van der Waals surface area contributed by atoms with Gasteiger partial charge in [-0.2, -0.15) is 0 Å². The maximum absolute atomic E-state index is 11.7. The molecule has 0 aliphatic heterocycles. The van der Waals surface area contributed by atoms with Crippen LogP contribution in [0.5, 0.6) is 0 Å². The summed E-state index contributed by atoms with van der Waals surface area (Å²) in [6.07, 6.45) is -0.0175. The van der Waals surface area contributed by atoms with E-state index < -0.39 is 17.9 Å². The first-order chi connectivity index (χ1) is 8.93. The highest BCUT2D eigenvalue weighted by atomic mass is 16.5. The van der Waals surface area contributed by atoms with E-state index in [1.54, 1.807) is 0 Å². The number of carbonyl (C=O) groups excluding carboxylic acids is 1. The minimum absolute atomic E-state index is 0.0175. The van der Waals surface area contributed by atoms with Crippen molar-refractivity contribution in [2.75, 3.05) is 6.61 Å². The van der Waals surface area contributed by atoms with Crippen LogP contribution in [0, 0.1) is 0 Å². The zero-order valence-electron chi connectivity index (χ0n) is 9.96. The van der Waals surface area contributed by atoms with Gasteiger partial charge in [0.15, 0.2) is 0 Å². The molecule has 0 saturated heterocycles. The molecule has 6 heteroatoms. The largest absolute Gasteiger partial charge is 0.478 e. The van der Waals surface area contributed by atoms with Crippen molar-refractivity contribution >= 4 is 17.9 Å². The molecule has 1 rings (SSSR count). The number of rotatable bonds is 6. The zero-order chi connectivity index (χ0) is 14.4. The van der Waals surface area contributed by atoms with Crippen LogP contribution in [0.15, 0.2) is 36.4 Å². The maximum atomic E-state index is 11.7. The Balaban J connectivity index is 2.67. The molecule has 0 saturated carbocycles. The van der Waals surface area contributed by atoms with E-state index in [-0.39, 0.29) is 29.7 Å². The molecule has 1 aromatic rings. The van der Waals surface area contributed by atoms with Gasteiger partial charge in [-0.05, 0) is 12.1 Å². The van der Waals surface area contributed by atoms with Gasteiger partial charge in [-0.3, -0.25) is 0 Å². The monoisotopic (exact) mass is 264 g/mol. The van der Waals surface area contributed by atoms with E-state index in [2.05, 4.69) is 6.58 Å². The topological polar surface area (TPSA) is 101 Å². The van der Waals surface area contributed by atoms with Gasteiger partial charge in [-0.25, -0.2) is 14.4 Å². The summed E-state index contributed by atoms with van der Waals surface area (Å²) < 4.78 is 4.81. The molecule has 0 bridgehead atoms. The third-order valence-electron chi connectivity index (χ3n) is 2.32. The number of ether oxygens (including phenoxy) is 1. The van der Waals surface area contributed by atoms with Crippen LogP contribution in [-0.2, 0) is 9.53 Å².